The van der Waals surface area contributed by atoms with E-state index >= 15 is 0 Å². The molecule has 0 rings (SSSR count). The lowest BCUT2D eigenvalue weighted by atomic mass is 10.1. The molecule has 0 aliphatic rings. The van der Waals surface area contributed by atoms with Gasteiger partial charge >= 0.3 is 39.5 Å². The molecule has 5 atom stereocenters. The van der Waals surface area contributed by atoms with Crippen LogP contribution in [0.2, 0.25) is 0 Å². The predicted octanol–water partition coefficient (Wildman–Crippen LogP) is 24.3. The van der Waals surface area contributed by atoms with Crippen LogP contribution in [0.25, 0.3) is 0 Å². The van der Waals surface area contributed by atoms with Gasteiger partial charge in [0.1, 0.15) is 19.3 Å². The number of hydrogen-bond donors (Lipinski definition) is 3. The highest BCUT2D eigenvalue weighted by molar-refractivity contribution is 7.47. The SMILES string of the molecule is CC/C=C\C/C=C\C/C=C\C/C=C\C/C=C\CCCCCC(=O)OCC(COP(=O)(O)OCC(O)COP(=O)(O)OCC(COC(=O)CCCCC/C=C\C/C=C\C/C=C\C/C=C\C/C=C\CC)OC(=O)CCCCCCCCCCCCC)OC(=O)CCCCC/C=C\C/C=C\C/C=C\C/C=C\C/C=C\CC. The Morgan fingerprint density at radius 2 is 0.481 bits per heavy atom. The zero-order valence-corrected chi connectivity index (χ0v) is 68.7. The van der Waals surface area contributed by atoms with Gasteiger partial charge in [-0.3, -0.25) is 37.3 Å². The van der Waals surface area contributed by atoms with Crippen molar-refractivity contribution in [1.29, 1.82) is 0 Å². The Balaban J connectivity index is 5.45. The van der Waals surface area contributed by atoms with Gasteiger partial charge < -0.3 is 33.8 Å². The maximum atomic E-state index is 13.1. The Hall–Kier alpha value is -5.84. The number of aliphatic hydroxyl groups excluding tert-OH is 1. The first-order chi connectivity index (χ1) is 52.7. The van der Waals surface area contributed by atoms with Crippen LogP contribution in [0.1, 0.15) is 297 Å². The number of unbranched alkanes of at least 4 members (excludes halogenated alkanes) is 19. The highest BCUT2D eigenvalue weighted by Gasteiger charge is 2.30. The van der Waals surface area contributed by atoms with Gasteiger partial charge in [-0.1, -0.05) is 293 Å². The minimum Gasteiger partial charge on any atom is -0.462 e. The summed E-state index contributed by atoms with van der Waals surface area (Å²) in [4.78, 5) is 73.1. The van der Waals surface area contributed by atoms with Gasteiger partial charge in [-0.25, -0.2) is 9.13 Å². The number of allylic oxidation sites excluding steroid dienone is 30. The molecule has 0 fully saturated rings. The summed E-state index contributed by atoms with van der Waals surface area (Å²) < 4.78 is 68.6. The summed E-state index contributed by atoms with van der Waals surface area (Å²) in [7, 11) is -10.0. The van der Waals surface area contributed by atoms with Crippen molar-refractivity contribution in [3.05, 3.63) is 182 Å². The molecule has 0 amide bonds. The molecule has 0 bridgehead atoms. The van der Waals surface area contributed by atoms with Crippen molar-refractivity contribution in [2.24, 2.45) is 0 Å². The molecule has 0 aliphatic carbocycles. The van der Waals surface area contributed by atoms with E-state index in [1.54, 1.807) is 0 Å². The third-order valence-electron chi connectivity index (χ3n) is 16.4. The number of rotatable bonds is 75. The maximum Gasteiger partial charge on any atom is 0.472 e. The van der Waals surface area contributed by atoms with Crippen LogP contribution in [0.3, 0.4) is 0 Å². The molecule has 0 aromatic rings. The maximum absolute atomic E-state index is 13.1. The van der Waals surface area contributed by atoms with Crippen molar-refractivity contribution in [1.82, 2.24) is 0 Å². The first kappa shape index (κ1) is 102. The van der Waals surface area contributed by atoms with Gasteiger partial charge in [0.2, 0.25) is 0 Å². The second-order valence-electron chi connectivity index (χ2n) is 26.6. The molecule has 108 heavy (non-hydrogen) atoms. The molecule has 0 heterocycles. The Morgan fingerprint density at radius 3 is 0.741 bits per heavy atom. The van der Waals surface area contributed by atoms with Gasteiger partial charge in [-0.15, -0.1) is 0 Å². The van der Waals surface area contributed by atoms with Gasteiger partial charge in [0.25, 0.3) is 0 Å². The van der Waals surface area contributed by atoms with Crippen LogP contribution in [0.4, 0.5) is 0 Å². The quantitative estimate of drug-likeness (QED) is 0.0169. The summed E-state index contributed by atoms with van der Waals surface area (Å²) in [5, 5.41) is 10.7. The minimum atomic E-state index is -5.01. The largest absolute Gasteiger partial charge is 0.472 e. The van der Waals surface area contributed by atoms with E-state index in [1.165, 1.54) is 38.5 Å². The predicted molar refractivity (Wildman–Crippen MR) is 445 cm³/mol. The van der Waals surface area contributed by atoms with E-state index in [-0.39, 0.29) is 25.7 Å². The first-order valence-electron chi connectivity index (χ1n) is 41.0. The number of esters is 4. The average Bonchev–Trinajstić information content (AvgIpc) is 0.917. The number of hydrogen-bond acceptors (Lipinski definition) is 15. The molecule has 3 N–H and O–H groups in total. The van der Waals surface area contributed by atoms with Crippen molar-refractivity contribution in [3.8, 4) is 0 Å². The Labute approximate surface area is 654 Å². The summed E-state index contributed by atoms with van der Waals surface area (Å²) >= 11 is 0. The summed E-state index contributed by atoms with van der Waals surface area (Å²) in [6, 6.07) is 0. The molecule has 19 heteroatoms. The fourth-order valence-corrected chi connectivity index (χ4v) is 11.8. The zero-order chi connectivity index (χ0) is 78.9. The van der Waals surface area contributed by atoms with Crippen molar-refractivity contribution >= 4 is 39.5 Å². The minimum absolute atomic E-state index is 0.0406. The lowest BCUT2D eigenvalue weighted by Gasteiger charge is -2.21. The molecule has 5 unspecified atom stereocenters. The van der Waals surface area contributed by atoms with E-state index in [0.717, 1.165) is 180 Å². The molecule has 0 saturated carbocycles. The monoisotopic (exact) mass is 1550 g/mol. The lowest BCUT2D eigenvalue weighted by molar-refractivity contribution is -0.161. The molecule has 17 nitrogen and oxygen atoms in total. The average molecular weight is 1550 g/mol. The molecule has 0 aromatic heterocycles. The summed E-state index contributed by atoms with van der Waals surface area (Å²) in [5.74, 6) is -2.30. The molecule has 612 valence electrons. The van der Waals surface area contributed by atoms with Gasteiger partial charge in [-0.05, 0) is 161 Å². The molecular formula is C89H144O17P2. The van der Waals surface area contributed by atoms with E-state index < -0.39 is 97.5 Å². The number of ether oxygens (including phenoxy) is 4. The first-order valence-corrected chi connectivity index (χ1v) is 44.0. The topological polar surface area (TPSA) is 237 Å². The highest BCUT2D eigenvalue weighted by atomic mass is 31.2. The number of phosphoric ester groups is 2. The number of aliphatic hydroxyl groups is 1. The van der Waals surface area contributed by atoms with Crippen LogP contribution in [0.15, 0.2) is 182 Å². The lowest BCUT2D eigenvalue weighted by Crippen LogP contribution is -2.30. The number of carbonyl (C=O) groups is 4. The second kappa shape index (κ2) is 79.3. The van der Waals surface area contributed by atoms with Crippen molar-refractivity contribution in [2.75, 3.05) is 39.6 Å². The fourth-order valence-electron chi connectivity index (χ4n) is 10.2. The Morgan fingerprint density at radius 1 is 0.269 bits per heavy atom. The zero-order valence-electron chi connectivity index (χ0n) is 66.9. The molecule has 0 spiro atoms. The van der Waals surface area contributed by atoms with Gasteiger partial charge in [0.05, 0.1) is 26.4 Å². The fraction of sp³-hybridized carbons (Fsp3) is 0.618. The van der Waals surface area contributed by atoms with E-state index in [2.05, 4.69) is 210 Å². The molecule has 0 aromatic carbocycles. The Kier molecular flexibility index (Phi) is 75.0. The summed E-state index contributed by atoms with van der Waals surface area (Å²) in [6.45, 7) is 4.40. The van der Waals surface area contributed by atoms with E-state index in [0.29, 0.717) is 25.7 Å². The molecular weight excluding hydrogens is 1400 g/mol. The van der Waals surface area contributed by atoms with E-state index in [9.17, 15) is 43.2 Å². The van der Waals surface area contributed by atoms with Crippen LogP contribution in [0, 0.1) is 0 Å². The Bertz CT molecular complexity index is 2760. The number of phosphoric acid groups is 2. The van der Waals surface area contributed by atoms with Crippen molar-refractivity contribution in [3.63, 3.8) is 0 Å². The number of carbonyl (C=O) groups excluding carboxylic acids is 4. The van der Waals surface area contributed by atoms with E-state index in [1.807, 2.05) is 0 Å². The van der Waals surface area contributed by atoms with Gasteiger partial charge in [0.15, 0.2) is 12.2 Å². The standard InChI is InChI=1S/C89H144O17P2/c1-5-9-13-17-21-25-29-32-35-38-41-44-47-50-54-57-61-65-69-73-86(91)99-79-84(105-88(93)75-71-67-63-59-53-28-24-20-16-12-8-4)81-103-107(95,96)101-77-83(90)78-102-108(97,98)104-82-85(106-89(94)76-72-68-64-60-56-52-49-46-43-40-37-34-31-27-23-19-15-11-7-3)80-100-87(92)74-70-66-62-58-55-51-48-45-42-39-36-33-30-26-22-18-14-10-6-2/h9-11,13-15,21-23,25-27,32-37,41-46,50-52,54-56,83-85,90H,5-8,12,16-20,24,28-31,38-40,47-49,53,57-82H2,1-4H3,(H,95,96)(H,97,98)/b13-9-,14-10-,15-11-,25-21-,26-22-,27-23-,35-32-,36-33-,37-34-,44-41-,45-42-,46-43-,54-50-,55-51-,56-52-. The smallest absolute Gasteiger partial charge is 0.462 e. The second-order valence-corrected chi connectivity index (χ2v) is 29.5. The van der Waals surface area contributed by atoms with Crippen molar-refractivity contribution in [2.45, 2.75) is 316 Å². The molecule has 0 aliphatic heterocycles. The normalized spacial score (nSPS) is 14.8. The van der Waals surface area contributed by atoms with E-state index in [4.69, 9.17) is 37.0 Å². The van der Waals surface area contributed by atoms with Crippen LogP contribution < -0.4 is 0 Å². The van der Waals surface area contributed by atoms with Crippen molar-refractivity contribution < 1.29 is 80.2 Å². The third kappa shape index (κ3) is 78.3. The van der Waals surface area contributed by atoms with Crippen LogP contribution >= 0.6 is 15.6 Å². The highest BCUT2D eigenvalue weighted by Crippen LogP contribution is 2.45. The van der Waals surface area contributed by atoms with Crippen LogP contribution in [0.5, 0.6) is 0 Å². The van der Waals surface area contributed by atoms with Crippen LogP contribution in [-0.4, -0.2) is 96.7 Å². The van der Waals surface area contributed by atoms with Crippen LogP contribution in [-0.2, 0) is 65.4 Å². The molecule has 0 saturated heterocycles. The molecule has 0 radical (unpaired) electrons. The third-order valence-corrected chi connectivity index (χ3v) is 18.3. The summed E-state index contributed by atoms with van der Waals surface area (Å²) in [6.07, 6.45) is 95.8. The van der Waals surface area contributed by atoms with Gasteiger partial charge in [-0.2, -0.15) is 0 Å². The van der Waals surface area contributed by atoms with Gasteiger partial charge in [0, 0.05) is 25.7 Å². The summed E-state index contributed by atoms with van der Waals surface area (Å²) in [5.41, 5.74) is 0.